The Labute approximate surface area is 100.0 Å². The van der Waals surface area contributed by atoms with Crippen molar-refractivity contribution in [3.05, 3.63) is 36.0 Å². The lowest BCUT2D eigenvalue weighted by Crippen LogP contribution is -2.34. The molecule has 4 nitrogen and oxygen atoms in total. The van der Waals surface area contributed by atoms with Crippen LogP contribution < -0.4 is 5.32 Å². The number of methoxy groups -OCH3 is 1. The summed E-state index contributed by atoms with van der Waals surface area (Å²) in [7, 11) is 1.40. The highest BCUT2D eigenvalue weighted by Gasteiger charge is 2.12. The van der Waals surface area contributed by atoms with Crippen LogP contribution in [0.4, 0.5) is 0 Å². The van der Waals surface area contributed by atoms with Crippen LogP contribution in [0.1, 0.15) is 12.5 Å². The number of H-pyrrole nitrogens is 1. The number of esters is 1. The third-order valence-electron chi connectivity index (χ3n) is 2.84. The van der Waals surface area contributed by atoms with Gasteiger partial charge in [0.25, 0.3) is 0 Å². The van der Waals surface area contributed by atoms with Crippen LogP contribution in [0.5, 0.6) is 0 Å². The minimum Gasteiger partial charge on any atom is -0.468 e. The van der Waals surface area contributed by atoms with Crippen molar-refractivity contribution in [3.63, 3.8) is 0 Å². The van der Waals surface area contributed by atoms with Crippen LogP contribution in [-0.4, -0.2) is 24.1 Å². The molecule has 1 unspecified atom stereocenters. The van der Waals surface area contributed by atoms with Gasteiger partial charge in [-0.05, 0) is 24.6 Å². The van der Waals surface area contributed by atoms with Gasteiger partial charge in [-0.15, -0.1) is 0 Å². The average Bonchev–Trinajstić information content (AvgIpc) is 2.83. The number of aromatic nitrogens is 1. The first kappa shape index (κ1) is 11.7. The second-order valence-electron chi connectivity index (χ2n) is 3.98. The number of hydrogen-bond acceptors (Lipinski definition) is 3. The largest absolute Gasteiger partial charge is 0.468 e. The number of carbonyl (C=O) groups is 1. The average molecular weight is 232 g/mol. The van der Waals surface area contributed by atoms with E-state index in [0.717, 1.165) is 5.52 Å². The van der Waals surface area contributed by atoms with Crippen LogP contribution in [0.25, 0.3) is 10.9 Å². The number of rotatable bonds is 4. The summed E-state index contributed by atoms with van der Waals surface area (Å²) < 4.78 is 4.67. The Morgan fingerprint density at radius 3 is 3.06 bits per heavy atom. The van der Waals surface area contributed by atoms with Crippen molar-refractivity contribution >= 4 is 16.9 Å². The molecule has 0 saturated heterocycles. The van der Waals surface area contributed by atoms with Crippen molar-refractivity contribution in [2.24, 2.45) is 0 Å². The van der Waals surface area contributed by atoms with Crippen molar-refractivity contribution in [2.45, 2.75) is 19.5 Å². The molecule has 0 amide bonds. The van der Waals surface area contributed by atoms with E-state index < -0.39 is 0 Å². The molecule has 0 aliphatic carbocycles. The Morgan fingerprint density at radius 1 is 1.47 bits per heavy atom. The number of carbonyl (C=O) groups excluding carboxylic acids is 1. The van der Waals surface area contributed by atoms with Gasteiger partial charge in [-0.25, -0.2) is 0 Å². The van der Waals surface area contributed by atoms with E-state index in [1.807, 2.05) is 30.5 Å². The van der Waals surface area contributed by atoms with E-state index in [2.05, 4.69) is 15.0 Å². The highest BCUT2D eigenvalue weighted by Crippen LogP contribution is 2.17. The SMILES string of the molecule is COC(=O)C(C)NCc1cccc2[nH]ccc12. The van der Waals surface area contributed by atoms with Gasteiger partial charge in [-0.2, -0.15) is 0 Å². The van der Waals surface area contributed by atoms with E-state index in [-0.39, 0.29) is 12.0 Å². The summed E-state index contributed by atoms with van der Waals surface area (Å²) in [5.74, 6) is -0.244. The number of benzene rings is 1. The normalized spacial score (nSPS) is 12.6. The lowest BCUT2D eigenvalue weighted by Gasteiger charge is -2.11. The maximum atomic E-state index is 11.3. The molecule has 0 aliphatic heterocycles. The minimum absolute atomic E-state index is 0.244. The summed E-state index contributed by atoms with van der Waals surface area (Å²) in [6.45, 7) is 2.44. The fourth-order valence-corrected chi connectivity index (χ4v) is 1.83. The zero-order valence-electron chi connectivity index (χ0n) is 9.99. The fourth-order valence-electron chi connectivity index (χ4n) is 1.83. The molecule has 1 atom stereocenters. The van der Waals surface area contributed by atoms with Gasteiger partial charge >= 0.3 is 5.97 Å². The zero-order chi connectivity index (χ0) is 12.3. The molecule has 0 saturated carbocycles. The van der Waals surface area contributed by atoms with Crippen LogP contribution in [0.2, 0.25) is 0 Å². The Balaban J connectivity index is 2.09. The van der Waals surface area contributed by atoms with Crippen LogP contribution in [-0.2, 0) is 16.1 Å². The van der Waals surface area contributed by atoms with Gasteiger partial charge in [0.2, 0.25) is 0 Å². The van der Waals surface area contributed by atoms with Gasteiger partial charge in [-0.1, -0.05) is 12.1 Å². The Morgan fingerprint density at radius 2 is 2.29 bits per heavy atom. The van der Waals surface area contributed by atoms with Gasteiger partial charge < -0.3 is 15.0 Å². The lowest BCUT2D eigenvalue weighted by atomic mass is 10.1. The third kappa shape index (κ3) is 2.47. The predicted octanol–water partition coefficient (Wildman–Crippen LogP) is 1.82. The molecule has 1 aromatic heterocycles. The van der Waals surface area contributed by atoms with Gasteiger partial charge in [0.1, 0.15) is 6.04 Å². The molecular weight excluding hydrogens is 216 g/mol. The molecule has 0 radical (unpaired) electrons. The molecule has 0 spiro atoms. The molecule has 1 heterocycles. The summed E-state index contributed by atoms with van der Waals surface area (Å²) >= 11 is 0. The predicted molar refractivity (Wildman–Crippen MR) is 66.6 cm³/mol. The van der Waals surface area contributed by atoms with Crippen molar-refractivity contribution in [2.75, 3.05) is 7.11 Å². The smallest absolute Gasteiger partial charge is 0.322 e. The van der Waals surface area contributed by atoms with E-state index in [1.165, 1.54) is 18.1 Å². The Hall–Kier alpha value is -1.81. The van der Waals surface area contributed by atoms with E-state index in [1.54, 1.807) is 6.92 Å². The standard InChI is InChI=1S/C13H16N2O2/c1-9(13(16)17-2)15-8-10-4-3-5-12-11(10)6-7-14-12/h3-7,9,14-15H,8H2,1-2H3. The molecule has 4 heteroatoms. The van der Waals surface area contributed by atoms with Crippen LogP contribution in [0, 0.1) is 0 Å². The molecule has 17 heavy (non-hydrogen) atoms. The fraction of sp³-hybridized carbons (Fsp3) is 0.308. The number of fused-ring (bicyclic) bond motifs is 1. The minimum atomic E-state index is -0.297. The summed E-state index contributed by atoms with van der Waals surface area (Å²) in [5, 5.41) is 4.32. The van der Waals surface area contributed by atoms with E-state index in [4.69, 9.17) is 0 Å². The monoisotopic (exact) mass is 232 g/mol. The number of nitrogens with one attached hydrogen (secondary N) is 2. The first-order chi connectivity index (χ1) is 8.22. The van der Waals surface area contributed by atoms with Crippen molar-refractivity contribution in [1.29, 1.82) is 0 Å². The molecule has 0 aliphatic rings. The highest BCUT2D eigenvalue weighted by atomic mass is 16.5. The summed E-state index contributed by atoms with van der Waals surface area (Å²) in [5.41, 5.74) is 2.27. The number of ether oxygens (including phenoxy) is 1. The van der Waals surface area contributed by atoms with Crippen molar-refractivity contribution in [1.82, 2.24) is 10.3 Å². The molecule has 2 N–H and O–H groups in total. The quantitative estimate of drug-likeness (QED) is 0.791. The second kappa shape index (κ2) is 5.01. The van der Waals surface area contributed by atoms with E-state index in [0.29, 0.717) is 6.54 Å². The summed E-state index contributed by atoms with van der Waals surface area (Å²) in [4.78, 5) is 14.4. The molecule has 0 fully saturated rings. The molecule has 0 bridgehead atoms. The molecule has 2 aromatic rings. The molecular formula is C13H16N2O2. The molecule has 1 aromatic carbocycles. The number of hydrogen-bond donors (Lipinski definition) is 2. The van der Waals surface area contributed by atoms with Crippen LogP contribution >= 0.6 is 0 Å². The maximum Gasteiger partial charge on any atom is 0.322 e. The molecule has 90 valence electrons. The Kier molecular flexibility index (Phi) is 3.44. The highest BCUT2D eigenvalue weighted by molar-refractivity contribution is 5.83. The topological polar surface area (TPSA) is 54.1 Å². The first-order valence-corrected chi connectivity index (χ1v) is 5.58. The zero-order valence-corrected chi connectivity index (χ0v) is 9.99. The van der Waals surface area contributed by atoms with Crippen LogP contribution in [0.3, 0.4) is 0 Å². The molecule has 2 rings (SSSR count). The lowest BCUT2D eigenvalue weighted by molar-refractivity contribution is -0.142. The second-order valence-corrected chi connectivity index (χ2v) is 3.98. The summed E-state index contributed by atoms with van der Waals surface area (Å²) in [6, 6.07) is 7.82. The van der Waals surface area contributed by atoms with Crippen molar-refractivity contribution < 1.29 is 9.53 Å². The van der Waals surface area contributed by atoms with Gasteiger partial charge in [0.15, 0.2) is 0 Å². The summed E-state index contributed by atoms with van der Waals surface area (Å²) in [6.07, 6.45) is 1.91. The van der Waals surface area contributed by atoms with Gasteiger partial charge in [-0.3, -0.25) is 4.79 Å². The van der Waals surface area contributed by atoms with Crippen LogP contribution in [0.15, 0.2) is 30.5 Å². The van der Waals surface area contributed by atoms with E-state index in [9.17, 15) is 4.79 Å². The maximum absolute atomic E-state index is 11.3. The van der Waals surface area contributed by atoms with E-state index >= 15 is 0 Å². The van der Waals surface area contributed by atoms with Gasteiger partial charge in [0, 0.05) is 23.6 Å². The number of aromatic amines is 1. The Bertz CT molecular complexity index is 519. The van der Waals surface area contributed by atoms with Crippen molar-refractivity contribution in [3.8, 4) is 0 Å². The first-order valence-electron chi connectivity index (χ1n) is 5.58. The third-order valence-corrected chi connectivity index (χ3v) is 2.84. The van der Waals surface area contributed by atoms with Gasteiger partial charge in [0.05, 0.1) is 7.11 Å².